The molecule has 0 saturated carbocycles. The van der Waals surface area contributed by atoms with E-state index in [4.69, 9.17) is 17.3 Å². The Morgan fingerprint density at radius 3 is 2.55 bits per heavy atom. The van der Waals surface area contributed by atoms with Crippen molar-refractivity contribution in [2.75, 3.05) is 11.9 Å². The van der Waals surface area contributed by atoms with Crippen LogP contribution >= 0.6 is 11.6 Å². The van der Waals surface area contributed by atoms with Gasteiger partial charge in [-0.05, 0) is 30.2 Å². The summed E-state index contributed by atoms with van der Waals surface area (Å²) in [6, 6.07) is 17.0. The Labute approximate surface area is 124 Å². The fourth-order valence-corrected chi connectivity index (χ4v) is 2.18. The molecule has 2 aromatic rings. The molecule has 0 bridgehead atoms. The smallest absolute Gasteiger partial charge is 0.0866 e. The average Bonchev–Trinajstić information content (AvgIpc) is 2.46. The molecule has 0 aliphatic rings. The molecule has 4 N–H and O–H groups in total. The standard InChI is InChI=1S/C16H19ClN2O/c17-13-7-4-8-14(10-13)19-11-16(20)15(18)9-12-5-2-1-3-6-12/h1-8,10,15-16,19-20H,9,11,18H2/t15-,16+/m0/s1. The SMILES string of the molecule is N[C@@H](Cc1ccccc1)[C@H](O)CNc1cccc(Cl)c1. The van der Waals surface area contributed by atoms with Gasteiger partial charge in [0.2, 0.25) is 0 Å². The first-order chi connectivity index (χ1) is 9.65. The van der Waals surface area contributed by atoms with Crippen molar-refractivity contribution < 1.29 is 5.11 Å². The molecule has 0 amide bonds. The summed E-state index contributed by atoms with van der Waals surface area (Å²) < 4.78 is 0. The van der Waals surface area contributed by atoms with Crippen molar-refractivity contribution in [1.82, 2.24) is 0 Å². The first-order valence-corrected chi connectivity index (χ1v) is 7.00. The van der Waals surface area contributed by atoms with Gasteiger partial charge in [-0.1, -0.05) is 48.0 Å². The van der Waals surface area contributed by atoms with Crippen molar-refractivity contribution in [2.45, 2.75) is 18.6 Å². The fourth-order valence-electron chi connectivity index (χ4n) is 1.99. The summed E-state index contributed by atoms with van der Waals surface area (Å²) >= 11 is 5.90. The lowest BCUT2D eigenvalue weighted by Gasteiger charge is -2.20. The number of nitrogens with two attached hydrogens (primary N) is 1. The number of halogens is 1. The van der Waals surface area contributed by atoms with Gasteiger partial charge in [-0.2, -0.15) is 0 Å². The van der Waals surface area contributed by atoms with Gasteiger partial charge in [0.05, 0.1) is 6.10 Å². The zero-order valence-corrected chi connectivity index (χ0v) is 11.9. The molecule has 3 nitrogen and oxygen atoms in total. The van der Waals surface area contributed by atoms with E-state index >= 15 is 0 Å². The normalized spacial score (nSPS) is 13.8. The molecule has 0 heterocycles. The maximum absolute atomic E-state index is 10.1. The highest BCUT2D eigenvalue weighted by Gasteiger charge is 2.14. The van der Waals surface area contributed by atoms with Crippen molar-refractivity contribution in [1.29, 1.82) is 0 Å². The largest absolute Gasteiger partial charge is 0.390 e. The van der Waals surface area contributed by atoms with E-state index in [-0.39, 0.29) is 6.04 Å². The van der Waals surface area contributed by atoms with Crippen LogP contribution in [-0.4, -0.2) is 23.8 Å². The summed E-state index contributed by atoms with van der Waals surface area (Å²) in [4.78, 5) is 0. The Morgan fingerprint density at radius 1 is 1.10 bits per heavy atom. The minimum Gasteiger partial charge on any atom is -0.390 e. The predicted molar refractivity (Wildman–Crippen MR) is 84.1 cm³/mol. The number of hydrogen-bond acceptors (Lipinski definition) is 3. The molecule has 2 aromatic carbocycles. The number of nitrogens with one attached hydrogen (secondary N) is 1. The molecule has 4 heteroatoms. The van der Waals surface area contributed by atoms with E-state index in [2.05, 4.69) is 5.32 Å². The van der Waals surface area contributed by atoms with Crippen molar-refractivity contribution in [3.8, 4) is 0 Å². The van der Waals surface area contributed by atoms with Crippen LogP contribution < -0.4 is 11.1 Å². The van der Waals surface area contributed by atoms with E-state index in [0.29, 0.717) is 18.0 Å². The Bertz CT molecular complexity index is 533. The van der Waals surface area contributed by atoms with Gasteiger partial charge in [-0.25, -0.2) is 0 Å². The molecule has 20 heavy (non-hydrogen) atoms. The van der Waals surface area contributed by atoms with E-state index in [1.54, 1.807) is 0 Å². The first-order valence-electron chi connectivity index (χ1n) is 6.62. The summed E-state index contributed by atoms with van der Waals surface area (Å²) in [7, 11) is 0. The molecule has 0 fully saturated rings. The zero-order chi connectivity index (χ0) is 14.4. The van der Waals surface area contributed by atoms with Gasteiger partial charge in [0.1, 0.15) is 0 Å². The van der Waals surface area contributed by atoms with E-state index < -0.39 is 6.10 Å². The minimum atomic E-state index is -0.616. The Hall–Kier alpha value is -1.55. The monoisotopic (exact) mass is 290 g/mol. The second-order valence-electron chi connectivity index (χ2n) is 4.81. The number of rotatable bonds is 6. The van der Waals surface area contributed by atoms with Crippen LogP contribution in [0.5, 0.6) is 0 Å². The minimum absolute atomic E-state index is 0.302. The average molecular weight is 291 g/mol. The zero-order valence-electron chi connectivity index (χ0n) is 11.2. The number of anilines is 1. The molecule has 0 unspecified atom stereocenters. The second-order valence-corrected chi connectivity index (χ2v) is 5.25. The lowest BCUT2D eigenvalue weighted by Crippen LogP contribution is -2.41. The highest BCUT2D eigenvalue weighted by Crippen LogP contribution is 2.15. The van der Waals surface area contributed by atoms with Crippen molar-refractivity contribution in [3.63, 3.8) is 0 Å². The molecular weight excluding hydrogens is 272 g/mol. The fraction of sp³-hybridized carbons (Fsp3) is 0.250. The van der Waals surface area contributed by atoms with Crippen LogP contribution in [0.2, 0.25) is 5.02 Å². The van der Waals surface area contributed by atoms with Gasteiger partial charge < -0.3 is 16.2 Å². The van der Waals surface area contributed by atoms with E-state index in [9.17, 15) is 5.11 Å². The van der Waals surface area contributed by atoms with E-state index in [1.165, 1.54) is 0 Å². The van der Waals surface area contributed by atoms with Gasteiger partial charge in [0.15, 0.2) is 0 Å². The van der Waals surface area contributed by atoms with Crippen LogP contribution in [-0.2, 0) is 6.42 Å². The number of benzene rings is 2. The highest BCUT2D eigenvalue weighted by atomic mass is 35.5. The van der Waals surface area contributed by atoms with Crippen molar-refractivity contribution >= 4 is 17.3 Å². The third-order valence-corrected chi connectivity index (χ3v) is 3.38. The van der Waals surface area contributed by atoms with Crippen LogP contribution in [0.4, 0.5) is 5.69 Å². The van der Waals surface area contributed by atoms with Crippen molar-refractivity contribution in [2.24, 2.45) is 5.73 Å². The van der Waals surface area contributed by atoms with E-state index in [0.717, 1.165) is 11.3 Å². The summed E-state index contributed by atoms with van der Waals surface area (Å²) in [5, 5.41) is 13.9. The van der Waals surface area contributed by atoms with Crippen molar-refractivity contribution in [3.05, 3.63) is 65.2 Å². The Morgan fingerprint density at radius 2 is 1.85 bits per heavy atom. The number of aliphatic hydroxyl groups is 1. The Balaban J connectivity index is 1.83. The van der Waals surface area contributed by atoms with Gasteiger partial charge in [-0.15, -0.1) is 0 Å². The van der Waals surface area contributed by atoms with Crippen LogP contribution in [0.1, 0.15) is 5.56 Å². The quantitative estimate of drug-likeness (QED) is 0.767. The Kier molecular flexibility index (Phi) is 5.41. The third-order valence-electron chi connectivity index (χ3n) is 3.15. The molecule has 106 valence electrons. The summed E-state index contributed by atoms with van der Waals surface area (Å²) in [5.41, 5.74) is 8.03. The molecule has 0 radical (unpaired) electrons. The number of aliphatic hydroxyl groups excluding tert-OH is 1. The van der Waals surface area contributed by atoms with E-state index in [1.807, 2.05) is 54.6 Å². The highest BCUT2D eigenvalue weighted by molar-refractivity contribution is 6.30. The van der Waals surface area contributed by atoms with Gasteiger partial charge >= 0.3 is 0 Å². The van der Waals surface area contributed by atoms with Gasteiger partial charge in [0, 0.05) is 23.3 Å². The molecule has 0 aromatic heterocycles. The first kappa shape index (κ1) is 14.9. The lowest BCUT2D eigenvalue weighted by atomic mass is 10.0. The topological polar surface area (TPSA) is 58.3 Å². The van der Waals surface area contributed by atoms with Gasteiger partial charge in [-0.3, -0.25) is 0 Å². The molecular formula is C16H19ClN2O. The predicted octanol–water partition coefficient (Wildman–Crippen LogP) is 2.68. The maximum Gasteiger partial charge on any atom is 0.0866 e. The maximum atomic E-state index is 10.1. The second kappa shape index (κ2) is 7.29. The summed E-state index contributed by atoms with van der Waals surface area (Å²) in [6.45, 7) is 0.397. The molecule has 0 aliphatic carbocycles. The molecule has 0 saturated heterocycles. The van der Waals surface area contributed by atoms with Gasteiger partial charge in [0.25, 0.3) is 0 Å². The third kappa shape index (κ3) is 4.53. The van der Waals surface area contributed by atoms with Crippen LogP contribution in [0, 0.1) is 0 Å². The summed E-state index contributed by atoms with van der Waals surface area (Å²) in [5.74, 6) is 0. The molecule has 2 atom stereocenters. The van der Waals surface area contributed by atoms with Crippen LogP contribution in [0.3, 0.4) is 0 Å². The van der Waals surface area contributed by atoms with Crippen LogP contribution in [0.25, 0.3) is 0 Å². The molecule has 0 aliphatic heterocycles. The van der Waals surface area contributed by atoms with Crippen LogP contribution in [0.15, 0.2) is 54.6 Å². The lowest BCUT2D eigenvalue weighted by molar-refractivity contribution is 0.156. The number of hydrogen-bond donors (Lipinski definition) is 3. The summed E-state index contributed by atoms with van der Waals surface area (Å²) in [6.07, 6.45) is 0.0355. The molecule has 0 spiro atoms. The molecule has 2 rings (SSSR count).